The van der Waals surface area contributed by atoms with Crippen molar-refractivity contribution in [1.29, 1.82) is 0 Å². The minimum Gasteiger partial charge on any atom is -0.480 e. The molecule has 0 bridgehead atoms. The van der Waals surface area contributed by atoms with Gasteiger partial charge in [0, 0.05) is 6.42 Å². The first kappa shape index (κ1) is 11.5. The Bertz CT molecular complexity index is 490. The summed E-state index contributed by atoms with van der Waals surface area (Å²) in [6.45, 7) is 1.47. The first-order valence-electron chi connectivity index (χ1n) is 5.18. The molecule has 6 heteroatoms. The van der Waals surface area contributed by atoms with E-state index in [0.717, 1.165) is 4.90 Å². The van der Waals surface area contributed by atoms with Gasteiger partial charge in [-0.3, -0.25) is 9.69 Å². The van der Waals surface area contributed by atoms with Gasteiger partial charge >= 0.3 is 5.97 Å². The number of aryl methyl sites for hydroxylation is 1. The van der Waals surface area contributed by atoms with Crippen LogP contribution in [-0.4, -0.2) is 28.0 Å². The Morgan fingerprint density at radius 1 is 1.59 bits per heavy atom. The molecule has 1 atom stereocenters. The number of carboxylic acids is 1. The molecule has 2 heterocycles. The topological polar surface area (TPSA) is 70.5 Å². The van der Waals surface area contributed by atoms with E-state index in [0.29, 0.717) is 0 Å². The summed E-state index contributed by atoms with van der Waals surface area (Å²) in [5, 5.41) is 8.99. The van der Waals surface area contributed by atoms with Crippen LogP contribution in [0.4, 0.5) is 10.2 Å². The number of nitrogens with zero attached hydrogens (tertiary/aromatic N) is 2. The molecule has 0 aromatic carbocycles. The van der Waals surface area contributed by atoms with Crippen molar-refractivity contribution in [3.8, 4) is 0 Å². The molecular weight excluding hydrogens is 227 g/mol. The lowest BCUT2D eigenvalue weighted by atomic mass is 10.2. The van der Waals surface area contributed by atoms with Gasteiger partial charge in [0.1, 0.15) is 17.7 Å². The molecule has 1 aliphatic rings. The highest BCUT2D eigenvalue weighted by Crippen LogP contribution is 2.25. The number of aliphatic carboxylic acids is 1. The third-order valence-corrected chi connectivity index (χ3v) is 2.75. The van der Waals surface area contributed by atoms with Gasteiger partial charge < -0.3 is 5.11 Å². The average Bonchev–Trinajstić information content (AvgIpc) is 2.64. The summed E-state index contributed by atoms with van der Waals surface area (Å²) in [6, 6.07) is 1.60. The fourth-order valence-electron chi connectivity index (χ4n) is 1.87. The molecule has 90 valence electrons. The summed E-state index contributed by atoms with van der Waals surface area (Å²) in [5.74, 6) is -1.65. The molecule has 1 fully saturated rings. The Balaban J connectivity index is 2.39. The molecule has 1 N–H and O–H groups in total. The predicted octanol–water partition coefficient (Wildman–Crippen LogP) is 1.11. The number of carbonyl (C=O) groups is 2. The second-order valence-corrected chi connectivity index (χ2v) is 3.89. The second-order valence-electron chi connectivity index (χ2n) is 3.89. The Hall–Kier alpha value is -1.98. The van der Waals surface area contributed by atoms with Crippen LogP contribution in [0.15, 0.2) is 12.1 Å². The van der Waals surface area contributed by atoms with Crippen molar-refractivity contribution in [3.05, 3.63) is 23.6 Å². The third kappa shape index (κ3) is 1.98. The van der Waals surface area contributed by atoms with Crippen LogP contribution in [-0.2, 0) is 9.59 Å². The summed E-state index contributed by atoms with van der Waals surface area (Å²) in [5.41, 5.74) is 0.145. The highest BCUT2D eigenvalue weighted by molar-refractivity contribution is 6.01. The molecule has 5 nitrogen and oxygen atoms in total. The Morgan fingerprint density at radius 3 is 2.88 bits per heavy atom. The second kappa shape index (κ2) is 4.12. The number of pyridine rings is 1. The zero-order valence-corrected chi connectivity index (χ0v) is 9.18. The van der Waals surface area contributed by atoms with E-state index < -0.39 is 17.8 Å². The Labute approximate surface area is 96.9 Å². The number of halogens is 1. The van der Waals surface area contributed by atoms with Gasteiger partial charge in [-0.05, 0) is 25.5 Å². The number of aromatic nitrogens is 1. The molecule has 2 rings (SSSR count). The van der Waals surface area contributed by atoms with E-state index in [2.05, 4.69) is 4.98 Å². The van der Waals surface area contributed by atoms with Crippen molar-refractivity contribution >= 4 is 17.7 Å². The Morgan fingerprint density at radius 2 is 2.29 bits per heavy atom. The maximum Gasteiger partial charge on any atom is 0.326 e. The maximum atomic E-state index is 13.1. The average molecular weight is 238 g/mol. The maximum absolute atomic E-state index is 13.1. The van der Waals surface area contributed by atoms with Gasteiger partial charge in [0.25, 0.3) is 0 Å². The van der Waals surface area contributed by atoms with Gasteiger partial charge in [-0.2, -0.15) is 0 Å². The molecule has 1 aliphatic heterocycles. The normalized spacial score (nSPS) is 19.8. The number of carbonyl (C=O) groups excluding carboxylic acids is 1. The van der Waals surface area contributed by atoms with Crippen molar-refractivity contribution in [2.24, 2.45) is 0 Å². The van der Waals surface area contributed by atoms with E-state index >= 15 is 0 Å². The minimum atomic E-state index is -1.07. The minimum absolute atomic E-state index is 0.145. The molecular formula is C11H11FN2O3. The van der Waals surface area contributed by atoms with Crippen molar-refractivity contribution in [2.75, 3.05) is 4.90 Å². The molecule has 1 aromatic rings. The van der Waals surface area contributed by atoms with Crippen LogP contribution < -0.4 is 4.90 Å². The highest BCUT2D eigenvalue weighted by atomic mass is 19.1. The lowest BCUT2D eigenvalue weighted by Gasteiger charge is -2.20. The van der Waals surface area contributed by atoms with Crippen LogP contribution in [0.25, 0.3) is 0 Å². The van der Waals surface area contributed by atoms with Crippen LogP contribution in [0, 0.1) is 12.7 Å². The van der Waals surface area contributed by atoms with Crippen LogP contribution in [0.5, 0.6) is 0 Å². The van der Waals surface area contributed by atoms with Gasteiger partial charge in [-0.25, -0.2) is 14.2 Å². The molecule has 0 radical (unpaired) electrons. The largest absolute Gasteiger partial charge is 0.480 e. The summed E-state index contributed by atoms with van der Waals surface area (Å²) in [6.07, 6.45) is 0.432. The molecule has 0 saturated carbocycles. The van der Waals surface area contributed by atoms with E-state index in [9.17, 15) is 14.0 Å². The predicted molar refractivity (Wildman–Crippen MR) is 57.1 cm³/mol. The summed E-state index contributed by atoms with van der Waals surface area (Å²) in [4.78, 5) is 27.6. The number of hydrogen-bond donors (Lipinski definition) is 1. The summed E-state index contributed by atoms with van der Waals surface area (Å²) >= 11 is 0. The van der Waals surface area contributed by atoms with Gasteiger partial charge in [0.2, 0.25) is 5.91 Å². The standard InChI is InChI=1S/C11H11FN2O3/c1-6-7(12)2-4-9(13-6)14-8(11(16)17)3-5-10(14)15/h2,4,8H,3,5H2,1H3,(H,16,17). The quantitative estimate of drug-likeness (QED) is 0.837. The zero-order chi connectivity index (χ0) is 12.6. The van der Waals surface area contributed by atoms with Crippen molar-refractivity contribution in [1.82, 2.24) is 4.98 Å². The molecule has 1 aromatic heterocycles. The van der Waals surface area contributed by atoms with Crippen molar-refractivity contribution in [3.63, 3.8) is 0 Å². The lowest BCUT2D eigenvalue weighted by Crippen LogP contribution is -2.39. The van der Waals surface area contributed by atoms with Gasteiger partial charge in [-0.1, -0.05) is 0 Å². The number of amides is 1. The van der Waals surface area contributed by atoms with Crippen LogP contribution in [0.1, 0.15) is 18.5 Å². The number of hydrogen-bond acceptors (Lipinski definition) is 3. The summed E-state index contributed by atoms with van der Waals surface area (Å²) < 4.78 is 13.1. The fraction of sp³-hybridized carbons (Fsp3) is 0.364. The lowest BCUT2D eigenvalue weighted by molar-refractivity contribution is -0.138. The Kier molecular flexibility index (Phi) is 2.79. The molecule has 1 saturated heterocycles. The molecule has 0 spiro atoms. The molecule has 0 aliphatic carbocycles. The van der Waals surface area contributed by atoms with E-state index in [-0.39, 0.29) is 30.3 Å². The van der Waals surface area contributed by atoms with Gasteiger partial charge in [-0.15, -0.1) is 0 Å². The van der Waals surface area contributed by atoms with Crippen LogP contribution in [0.3, 0.4) is 0 Å². The van der Waals surface area contributed by atoms with Crippen LogP contribution >= 0.6 is 0 Å². The molecule has 1 amide bonds. The number of anilines is 1. The fourth-order valence-corrected chi connectivity index (χ4v) is 1.87. The third-order valence-electron chi connectivity index (χ3n) is 2.75. The van der Waals surface area contributed by atoms with Gasteiger partial charge in [0.05, 0.1) is 5.69 Å². The zero-order valence-electron chi connectivity index (χ0n) is 9.18. The van der Waals surface area contributed by atoms with E-state index in [1.54, 1.807) is 0 Å². The smallest absolute Gasteiger partial charge is 0.326 e. The summed E-state index contributed by atoms with van der Waals surface area (Å²) in [7, 11) is 0. The molecule has 17 heavy (non-hydrogen) atoms. The van der Waals surface area contributed by atoms with E-state index in [1.165, 1.54) is 19.1 Å². The molecule has 1 unspecified atom stereocenters. The van der Waals surface area contributed by atoms with E-state index in [1.807, 2.05) is 0 Å². The van der Waals surface area contributed by atoms with Gasteiger partial charge in [0.15, 0.2) is 0 Å². The number of carboxylic acid groups (broad SMARTS) is 1. The monoisotopic (exact) mass is 238 g/mol. The van der Waals surface area contributed by atoms with Crippen molar-refractivity contribution in [2.45, 2.75) is 25.8 Å². The van der Waals surface area contributed by atoms with E-state index in [4.69, 9.17) is 5.11 Å². The van der Waals surface area contributed by atoms with Crippen LogP contribution in [0.2, 0.25) is 0 Å². The first-order chi connectivity index (χ1) is 8.00. The SMILES string of the molecule is Cc1nc(N2C(=O)CCC2C(=O)O)ccc1F. The van der Waals surface area contributed by atoms with Crippen molar-refractivity contribution < 1.29 is 19.1 Å². The highest BCUT2D eigenvalue weighted by Gasteiger charge is 2.37. The number of rotatable bonds is 2. The first-order valence-corrected chi connectivity index (χ1v) is 5.18.